The minimum atomic E-state index is 0.0755. The molecule has 0 atom stereocenters. The molecule has 2 aromatic rings. The van der Waals surface area contributed by atoms with E-state index in [1.165, 1.54) is 10.4 Å². The third kappa shape index (κ3) is 3.21. The maximum Gasteiger partial charge on any atom is 0.208 e. The molecular weight excluding hydrogens is 244 g/mol. The Balaban J connectivity index is 2.11. The zero-order valence-electron chi connectivity index (χ0n) is 11.4. The van der Waals surface area contributed by atoms with Crippen molar-refractivity contribution in [2.75, 3.05) is 0 Å². The van der Waals surface area contributed by atoms with Crippen molar-refractivity contribution < 1.29 is 4.42 Å². The lowest BCUT2D eigenvalue weighted by atomic mass is 10.1. The monoisotopic (exact) mass is 264 g/mol. The number of thiophene rings is 1. The van der Waals surface area contributed by atoms with Gasteiger partial charge in [-0.05, 0) is 44.2 Å². The second-order valence-electron chi connectivity index (χ2n) is 5.35. The summed E-state index contributed by atoms with van der Waals surface area (Å²) in [6, 6.07) is 2.15. The summed E-state index contributed by atoms with van der Waals surface area (Å²) in [7, 11) is 0. The van der Waals surface area contributed by atoms with Gasteiger partial charge in [0.15, 0.2) is 5.76 Å². The number of rotatable bonds is 4. The first kappa shape index (κ1) is 13.3. The van der Waals surface area contributed by atoms with Gasteiger partial charge in [0.1, 0.15) is 0 Å². The lowest BCUT2D eigenvalue weighted by molar-refractivity contribution is 0.384. The van der Waals surface area contributed by atoms with Crippen molar-refractivity contribution in [2.45, 2.75) is 46.2 Å². The second-order valence-corrected chi connectivity index (χ2v) is 6.27. The highest BCUT2D eigenvalue weighted by Crippen LogP contribution is 2.30. The Kier molecular flexibility index (Phi) is 3.88. The van der Waals surface area contributed by atoms with Gasteiger partial charge in [0, 0.05) is 5.54 Å². The molecule has 0 aliphatic rings. The van der Waals surface area contributed by atoms with Crippen LogP contribution in [0.25, 0.3) is 10.6 Å². The Hall–Kier alpha value is -1.13. The predicted molar refractivity (Wildman–Crippen MR) is 75.8 cm³/mol. The number of aryl methyl sites for hydroxylation is 1. The van der Waals surface area contributed by atoms with E-state index in [0.29, 0.717) is 6.54 Å². The van der Waals surface area contributed by atoms with Crippen molar-refractivity contribution >= 4 is 11.3 Å². The van der Waals surface area contributed by atoms with Crippen molar-refractivity contribution in [1.82, 2.24) is 10.3 Å². The van der Waals surface area contributed by atoms with Crippen molar-refractivity contribution in [1.29, 1.82) is 0 Å². The Bertz CT molecular complexity index is 508. The summed E-state index contributed by atoms with van der Waals surface area (Å²) in [5.74, 6) is 1.63. The molecule has 0 aliphatic heterocycles. The zero-order valence-corrected chi connectivity index (χ0v) is 12.2. The molecule has 0 unspecified atom stereocenters. The summed E-state index contributed by atoms with van der Waals surface area (Å²) in [6.07, 6.45) is 2.85. The summed E-state index contributed by atoms with van der Waals surface area (Å²) >= 11 is 1.71. The number of aromatic nitrogens is 1. The van der Waals surface area contributed by atoms with Crippen LogP contribution < -0.4 is 5.32 Å². The minimum absolute atomic E-state index is 0.0755. The zero-order chi connectivity index (χ0) is 13.2. The molecule has 0 fully saturated rings. The molecule has 0 amide bonds. The quantitative estimate of drug-likeness (QED) is 0.911. The van der Waals surface area contributed by atoms with E-state index in [0.717, 1.165) is 18.1 Å². The molecule has 18 heavy (non-hydrogen) atoms. The van der Waals surface area contributed by atoms with Crippen LogP contribution in [0.3, 0.4) is 0 Å². The Morgan fingerprint density at radius 2 is 2.17 bits per heavy atom. The summed E-state index contributed by atoms with van der Waals surface area (Å²) in [6.45, 7) is 9.21. The molecule has 2 heterocycles. The molecule has 3 nitrogen and oxygen atoms in total. The van der Waals surface area contributed by atoms with E-state index in [9.17, 15) is 0 Å². The van der Waals surface area contributed by atoms with Crippen LogP contribution in [0.4, 0.5) is 0 Å². The molecule has 98 valence electrons. The second kappa shape index (κ2) is 5.24. The summed E-state index contributed by atoms with van der Waals surface area (Å²) < 4.78 is 5.80. The van der Waals surface area contributed by atoms with E-state index in [4.69, 9.17) is 4.42 Å². The van der Waals surface area contributed by atoms with E-state index < -0.39 is 0 Å². The fourth-order valence-corrected chi connectivity index (χ4v) is 2.61. The molecule has 1 N–H and O–H groups in total. The van der Waals surface area contributed by atoms with Crippen LogP contribution in [0.15, 0.2) is 22.1 Å². The number of hydrogen-bond donors (Lipinski definition) is 1. The van der Waals surface area contributed by atoms with E-state index >= 15 is 0 Å². The average Bonchev–Trinajstić information content (AvgIpc) is 2.93. The van der Waals surface area contributed by atoms with Gasteiger partial charge in [-0.1, -0.05) is 6.92 Å². The van der Waals surface area contributed by atoms with Crippen molar-refractivity contribution in [3.05, 3.63) is 29.1 Å². The molecule has 0 bridgehead atoms. The highest BCUT2D eigenvalue weighted by Gasteiger charge is 2.13. The number of oxazole rings is 1. The maximum atomic E-state index is 5.80. The average molecular weight is 264 g/mol. The van der Waals surface area contributed by atoms with Gasteiger partial charge in [-0.2, -0.15) is 0 Å². The van der Waals surface area contributed by atoms with E-state index in [1.807, 2.05) is 6.20 Å². The standard InChI is InChI=1S/C14H20N2OS/c1-5-10-6-7-18-13(10)11-8-15-12(17-11)9-16-14(2,3)4/h6-8,16H,5,9H2,1-4H3. The lowest BCUT2D eigenvalue weighted by Gasteiger charge is -2.18. The van der Waals surface area contributed by atoms with Crippen LogP contribution in [0.5, 0.6) is 0 Å². The Morgan fingerprint density at radius 1 is 1.39 bits per heavy atom. The molecule has 0 aliphatic carbocycles. The highest BCUT2D eigenvalue weighted by molar-refractivity contribution is 7.13. The van der Waals surface area contributed by atoms with Gasteiger partial charge in [-0.3, -0.25) is 0 Å². The summed E-state index contributed by atoms with van der Waals surface area (Å²) in [5, 5.41) is 5.47. The van der Waals surface area contributed by atoms with E-state index in [-0.39, 0.29) is 5.54 Å². The smallest absolute Gasteiger partial charge is 0.208 e. The van der Waals surface area contributed by atoms with E-state index in [1.54, 1.807) is 11.3 Å². The lowest BCUT2D eigenvalue weighted by Crippen LogP contribution is -2.35. The number of nitrogens with zero attached hydrogens (tertiary/aromatic N) is 1. The Labute approximate surface area is 112 Å². The van der Waals surface area contributed by atoms with E-state index in [2.05, 4.69) is 49.4 Å². The minimum Gasteiger partial charge on any atom is -0.438 e. The van der Waals surface area contributed by atoms with Crippen LogP contribution in [0.1, 0.15) is 39.1 Å². The van der Waals surface area contributed by atoms with Crippen molar-refractivity contribution in [2.24, 2.45) is 0 Å². The molecule has 4 heteroatoms. The van der Waals surface area contributed by atoms with Crippen molar-refractivity contribution in [3.8, 4) is 10.6 Å². The third-order valence-electron chi connectivity index (χ3n) is 2.67. The largest absolute Gasteiger partial charge is 0.438 e. The van der Waals surface area contributed by atoms with Crippen LogP contribution in [0, 0.1) is 0 Å². The summed E-state index contributed by atoms with van der Waals surface area (Å²) in [5.41, 5.74) is 1.40. The van der Waals surface area contributed by atoms with Gasteiger partial charge in [0.05, 0.1) is 17.6 Å². The van der Waals surface area contributed by atoms with Crippen LogP contribution in [-0.4, -0.2) is 10.5 Å². The topological polar surface area (TPSA) is 38.1 Å². The first-order valence-electron chi connectivity index (χ1n) is 6.26. The molecule has 0 spiro atoms. The fraction of sp³-hybridized carbons (Fsp3) is 0.500. The molecule has 2 rings (SSSR count). The summed E-state index contributed by atoms with van der Waals surface area (Å²) in [4.78, 5) is 5.53. The normalized spacial score (nSPS) is 12.0. The van der Waals surface area contributed by atoms with Crippen molar-refractivity contribution in [3.63, 3.8) is 0 Å². The highest BCUT2D eigenvalue weighted by atomic mass is 32.1. The SMILES string of the molecule is CCc1ccsc1-c1cnc(CNC(C)(C)C)o1. The van der Waals surface area contributed by atoms with Gasteiger partial charge in [-0.15, -0.1) is 11.3 Å². The van der Waals surface area contributed by atoms with Gasteiger partial charge >= 0.3 is 0 Å². The molecule has 2 aromatic heterocycles. The number of hydrogen-bond acceptors (Lipinski definition) is 4. The van der Waals surface area contributed by atoms with Crippen LogP contribution in [-0.2, 0) is 13.0 Å². The van der Waals surface area contributed by atoms with Gasteiger partial charge in [-0.25, -0.2) is 4.98 Å². The fourth-order valence-electron chi connectivity index (χ4n) is 1.67. The molecular formula is C14H20N2OS. The third-order valence-corrected chi connectivity index (χ3v) is 3.65. The molecule has 0 saturated heterocycles. The molecule has 0 saturated carbocycles. The van der Waals surface area contributed by atoms with Crippen LogP contribution >= 0.6 is 11.3 Å². The molecule has 0 aromatic carbocycles. The molecule has 0 radical (unpaired) electrons. The van der Waals surface area contributed by atoms with Gasteiger partial charge < -0.3 is 9.73 Å². The predicted octanol–water partition coefficient (Wildman–Crippen LogP) is 3.85. The first-order valence-corrected chi connectivity index (χ1v) is 7.14. The van der Waals surface area contributed by atoms with Gasteiger partial charge in [0.25, 0.3) is 0 Å². The van der Waals surface area contributed by atoms with Gasteiger partial charge in [0.2, 0.25) is 5.89 Å². The Morgan fingerprint density at radius 3 is 2.83 bits per heavy atom. The number of nitrogens with one attached hydrogen (secondary N) is 1. The maximum absolute atomic E-state index is 5.80. The van der Waals surface area contributed by atoms with Crippen LogP contribution in [0.2, 0.25) is 0 Å². The first-order chi connectivity index (χ1) is 8.49.